The summed E-state index contributed by atoms with van der Waals surface area (Å²) in [5.74, 6) is 0.446. The molecule has 23 heavy (non-hydrogen) atoms. The van der Waals surface area contributed by atoms with E-state index in [0.29, 0.717) is 12.3 Å². The van der Waals surface area contributed by atoms with E-state index in [1.807, 2.05) is 0 Å². The Bertz CT molecular complexity index is 378. The maximum atomic E-state index is 12.2. The number of halogens is 1. The fraction of sp³-hybridized carbons (Fsp3) is 0.882. The molecule has 0 radical (unpaired) electrons. The van der Waals surface area contributed by atoms with Gasteiger partial charge in [0.25, 0.3) is 0 Å². The van der Waals surface area contributed by atoms with Crippen LogP contribution in [0.1, 0.15) is 71.1 Å². The van der Waals surface area contributed by atoms with Gasteiger partial charge in [0, 0.05) is 18.5 Å². The van der Waals surface area contributed by atoms with E-state index in [4.69, 9.17) is 5.73 Å². The fourth-order valence-electron chi connectivity index (χ4n) is 3.61. The first-order valence-corrected chi connectivity index (χ1v) is 8.90. The van der Waals surface area contributed by atoms with E-state index in [2.05, 4.69) is 10.6 Å². The molecule has 0 heterocycles. The number of rotatable bonds is 5. The third-order valence-electron chi connectivity index (χ3n) is 5.09. The van der Waals surface area contributed by atoms with Gasteiger partial charge >= 0.3 is 0 Å². The molecule has 0 aliphatic heterocycles. The van der Waals surface area contributed by atoms with E-state index in [9.17, 15) is 9.59 Å². The topological polar surface area (TPSA) is 84.2 Å². The lowest BCUT2D eigenvalue weighted by Gasteiger charge is -2.28. The van der Waals surface area contributed by atoms with Gasteiger partial charge in [-0.25, -0.2) is 0 Å². The molecular weight excluding hydrogens is 314 g/mol. The number of hydrogen-bond acceptors (Lipinski definition) is 3. The van der Waals surface area contributed by atoms with Crippen LogP contribution in [0.25, 0.3) is 0 Å². The second-order valence-electron chi connectivity index (χ2n) is 7.12. The molecule has 0 aromatic heterocycles. The molecule has 0 bridgehead atoms. The van der Waals surface area contributed by atoms with Gasteiger partial charge in [0.1, 0.15) is 6.04 Å². The SMILES string of the molecule is CC(NC(=O)CC1CCCCC1)C(=O)NC1CCC(N)CC1.Cl. The largest absolute Gasteiger partial charge is 0.352 e. The molecule has 2 aliphatic rings. The van der Waals surface area contributed by atoms with Crippen LogP contribution in [-0.4, -0.2) is 29.9 Å². The van der Waals surface area contributed by atoms with Crippen molar-refractivity contribution in [1.82, 2.24) is 10.6 Å². The molecule has 1 atom stereocenters. The molecule has 5 nitrogen and oxygen atoms in total. The Kier molecular flexibility index (Phi) is 8.92. The van der Waals surface area contributed by atoms with Crippen LogP contribution in [-0.2, 0) is 9.59 Å². The van der Waals surface area contributed by atoms with Gasteiger partial charge in [0.05, 0.1) is 0 Å². The molecule has 6 heteroatoms. The van der Waals surface area contributed by atoms with E-state index in [1.165, 1.54) is 19.3 Å². The van der Waals surface area contributed by atoms with Gasteiger partial charge in [0.15, 0.2) is 0 Å². The first kappa shape index (κ1) is 20.2. The quantitative estimate of drug-likeness (QED) is 0.714. The summed E-state index contributed by atoms with van der Waals surface area (Å²) in [4.78, 5) is 24.2. The molecule has 134 valence electrons. The third kappa shape index (κ3) is 7.08. The van der Waals surface area contributed by atoms with Gasteiger partial charge in [-0.1, -0.05) is 19.3 Å². The average molecular weight is 346 g/mol. The number of carbonyl (C=O) groups is 2. The molecule has 0 aromatic carbocycles. The molecule has 0 saturated heterocycles. The van der Waals surface area contributed by atoms with Crippen molar-refractivity contribution in [3.05, 3.63) is 0 Å². The van der Waals surface area contributed by atoms with Crippen molar-refractivity contribution in [2.24, 2.45) is 11.7 Å². The molecule has 2 amide bonds. The summed E-state index contributed by atoms with van der Waals surface area (Å²) in [5.41, 5.74) is 5.87. The molecule has 2 fully saturated rings. The van der Waals surface area contributed by atoms with Gasteiger partial charge in [-0.3, -0.25) is 9.59 Å². The molecule has 2 rings (SSSR count). The Hall–Kier alpha value is -0.810. The second-order valence-corrected chi connectivity index (χ2v) is 7.12. The van der Waals surface area contributed by atoms with Crippen molar-refractivity contribution in [2.75, 3.05) is 0 Å². The highest BCUT2D eigenvalue weighted by Gasteiger charge is 2.24. The molecule has 1 unspecified atom stereocenters. The Morgan fingerprint density at radius 2 is 1.65 bits per heavy atom. The van der Waals surface area contributed by atoms with Crippen molar-refractivity contribution in [2.45, 2.75) is 89.3 Å². The molecule has 0 spiro atoms. The minimum absolute atomic E-state index is 0. The Labute approximate surface area is 145 Å². The predicted octanol–water partition coefficient (Wildman–Crippen LogP) is 2.27. The normalized spacial score (nSPS) is 26.7. The average Bonchev–Trinajstić information content (AvgIpc) is 2.50. The third-order valence-corrected chi connectivity index (χ3v) is 5.09. The van der Waals surface area contributed by atoms with Crippen molar-refractivity contribution in [3.63, 3.8) is 0 Å². The van der Waals surface area contributed by atoms with Gasteiger partial charge in [-0.2, -0.15) is 0 Å². The van der Waals surface area contributed by atoms with Gasteiger partial charge in [-0.05, 0) is 51.4 Å². The van der Waals surface area contributed by atoms with E-state index in [-0.39, 0.29) is 36.3 Å². The summed E-state index contributed by atoms with van der Waals surface area (Å²) in [6.07, 6.45) is 10.4. The van der Waals surface area contributed by atoms with Crippen molar-refractivity contribution in [3.8, 4) is 0 Å². The summed E-state index contributed by atoms with van der Waals surface area (Å²) in [6, 6.07) is 0.0393. The molecule has 4 N–H and O–H groups in total. The number of carbonyl (C=O) groups excluding carboxylic acids is 2. The molecular formula is C17H32ClN3O2. The maximum Gasteiger partial charge on any atom is 0.242 e. The fourth-order valence-corrected chi connectivity index (χ4v) is 3.61. The smallest absolute Gasteiger partial charge is 0.242 e. The van der Waals surface area contributed by atoms with Crippen LogP contribution in [0.2, 0.25) is 0 Å². The maximum absolute atomic E-state index is 12.2. The zero-order valence-corrected chi connectivity index (χ0v) is 15.0. The van der Waals surface area contributed by atoms with Crippen molar-refractivity contribution in [1.29, 1.82) is 0 Å². The zero-order valence-electron chi connectivity index (χ0n) is 14.2. The lowest BCUT2D eigenvalue weighted by molar-refractivity contribution is -0.129. The number of hydrogen-bond donors (Lipinski definition) is 3. The van der Waals surface area contributed by atoms with Gasteiger partial charge in [0.2, 0.25) is 11.8 Å². The minimum Gasteiger partial charge on any atom is -0.352 e. The van der Waals surface area contributed by atoms with Crippen LogP contribution in [0.3, 0.4) is 0 Å². The molecule has 2 aliphatic carbocycles. The Morgan fingerprint density at radius 1 is 1.04 bits per heavy atom. The highest BCUT2D eigenvalue weighted by atomic mass is 35.5. The van der Waals surface area contributed by atoms with Crippen molar-refractivity contribution >= 4 is 24.2 Å². The van der Waals surface area contributed by atoms with Crippen LogP contribution in [0.4, 0.5) is 0 Å². The lowest BCUT2D eigenvalue weighted by Crippen LogP contribution is -2.49. The molecule has 0 aromatic rings. The standard InChI is InChI=1S/C17H31N3O2.ClH/c1-12(17(22)20-15-9-7-14(18)8-10-15)19-16(21)11-13-5-3-2-4-6-13;/h12-15H,2-11,18H2,1H3,(H,19,21)(H,20,22);1H. The van der Waals surface area contributed by atoms with Crippen LogP contribution in [0, 0.1) is 5.92 Å². The summed E-state index contributed by atoms with van der Waals surface area (Å²) in [7, 11) is 0. The molecule has 2 saturated carbocycles. The van der Waals surface area contributed by atoms with E-state index in [1.54, 1.807) is 6.92 Å². The summed E-state index contributed by atoms with van der Waals surface area (Å²) >= 11 is 0. The Balaban J connectivity index is 0.00000264. The van der Waals surface area contributed by atoms with Crippen molar-refractivity contribution < 1.29 is 9.59 Å². The van der Waals surface area contributed by atoms with Gasteiger partial charge < -0.3 is 16.4 Å². The first-order valence-electron chi connectivity index (χ1n) is 8.90. The zero-order chi connectivity index (χ0) is 15.9. The van der Waals surface area contributed by atoms with E-state index in [0.717, 1.165) is 38.5 Å². The van der Waals surface area contributed by atoms with Crippen LogP contribution in [0.15, 0.2) is 0 Å². The minimum atomic E-state index is -0.452. The second kappa shape index (κ2) is 10.1. The first-order chi connectivity index (χ1) is 10.5. The number of amides is 2. The number of nitrogens with two attached hydrogens (primary N) is 1. The van der Waals surface area contributed by atoms with Crippen LogP contribution < -0.4 is 16.4 Å². The summed E-state index contributed by atoms with van der Waals surface area (Å²) < 4.78 is 0. The summed E-state index contributed by atoms with van der Waals surface area (Å²) in [6.45, 7) is 1.77. The highest BCUT2D eigenvalue weighted by molar-refractivity contribution is 5.87. The monoisotopic (exact) mass is 345 g/mol. The van der Waals surface area contributed by atoms with Crippen LogP contribution >= 0.6 is 12.4 Å². The number of nitrogens with one attached hydrogen (secondary N) is 2. The Morgan fingerprint density at radius 3 is 2.26 bits per heavy atom. The summed E-state index contributed by atoms with van der Waals surface area (Å²) in [5, 5.41) is 5.89. The van der Waals surface area contributed by atoms with E-state index < -0.39 is 6.04 Å². The lowest BCUT2D eigenvalue weighted by atomic mass is 9.87. The highest BCUT2D eigenvalue weighted by Crippen LogP contribution is 2.26. The van der Waals surface area contributed by atoms with Gasteiger partial charge in [-0.15, -0.1) is 12.4 Å². The van der Waals surface area contributed by atoms with E-state index >= 15 is 0 Å². The predicted molar refractivity (Wildman–Crippen MR) is 94.4 cm³/mol. The van der Waals surface area contributed by atoms with Crippen LogP contribution in [0.5, 0.6) is 0 Å².